The van der Waals surface area contributed by atoms with Crippen LogP contribution in [0.1, 0.15) is 47.7 Å². The van der Waals surface area contributed by atoms with Crippen LogP contribution in [0.5, 0.6) is 0 Å². The second-order valence-electron chi connectivity index (χ2n) is 8.13. The molecule has 2 aromatic heterocycles. The van der Waals surface area contributed by atoms with Gasteiger partial charge in [0.1, 0.15) is 0 Å². The van der Waals surface area contributed by atoms with Crippen molar-refractivity contribution in [3.05, 3.63) is 47.8 Å². The first-order valence-electron chi connectivity index (χ1n) is 10.0. The minimum atomic E-state index is -0.0379. The Morgan fingerprint density at radius 2 is 2.14 bits per heavy atom. The number of hydrogen-bond donors (Lipinski definition) is 1. The molecule has 7 nitrogen and oxygen atoms in total. The smallest absolute Gasteiger partial charge is 0.289 e. The first-order valence-corrected chi connectivity index (χ1v) is 10.0. The van der Waals surface area contributed by atoms with E-state index in [9.17, 15) is 9.59 Å². The quantitative estimate of drug-likeness (QED) is 0.880. The summed E-state index contributed by atoms with van der Waals surface area (Å²) in [5.41, 5.74) is 1.88. The molecule has 2 saturated heterocycles. The number of carbonyl (C=O) groups is 2. The zero-order chi connectivity index (χ0) is 19.6. The number of carbonyl (C=O) groups excluding carboxylic acids is 2. The standard InChI is InChI=1S/C21H27N5O2/c1-16-13-23-19(24-16)20(28)26-11-4-8-21(15-26)9-6-18(27)25(14-21)12-7-17-5-2-3-10-22-17/h2-3,5,10,13H,4,6-9,11-12,14-15H2,1H3,(H,23,24)/t21-/m0/s1. The Kier molecular flexibility index (Phi) is 5.15. The van der Waals surface area contributed by atoms with Crippen LogP contribution in [0.2, 0.25) is 0 Å². The Bertz CT molecular complexity index is 849. The van der Waals surface area contributed by atoms with Gasteiger partial charge in [-0.05, 0) is 38.3 Å². The zero-order valence-electron chi connectivity index (χ0n) is 16.4. The Hall–Kier alpha value is -2.70. The molecule has 0 aromatic carbocycles. The number of aromatic amines is 1. The molecule has 2 fully saturated rings. The van der Waals surface area contributed by atoms with Crippen molar-refractivity contribution in [2.24, 2.45) is 5.41 Å². The number of nitrogens with one attached hydrogen (secondary N) is 1. The van der Waals surface area contributed by atoms with E-state index in [1.54, 1.807) is 12.4 Å². The highest BCUT2D eigenvalue weighted by atomic mass is 16.2. The highest BCUT2D eigenvalue weighted by Gasteiger charge is 2.43. The van der Waals surface area contributed by atoms with Crippen LogP contribution in [-0.4, -0.2) is 62.7 Å². The highest BCUT2D eigenvalue weighted by molar-refractivity contribution is 5.90. The summed E-state index contributed by atoms with van der Waals surface area (Å²) < 4.78 is 0. The van der Waals surface area contributed by atoms with E-state index in [-0.39, 0.29) is 17.2 Å². The number of H-pyrrole nitrogens is 1. The van der Waals surface area contributed by atoms with E-state index in [0.29, 0.717) is 25.3 Å². The predicted octanol–water partition coefficient (Wildman–Crippen LogP) is 2.20. The van der Waals surface area contributed by atoms with Crippen LogP contribution in [0.25, 0.3) is 0 Å². The maximum atomic E-state index is 12.8. The van der Waals surface area contributed by atoms with Crippen LogP contribution in [0.3, 0.4) is 0 Å². The van der Waals surface area contributed by atoms with Gasteiger partial charge in [0, 0.05) is 68.2 Å². The van der Waals surface area contributed by atoms with Crippen molar-refractivity contribution in [2.75, 3.05) is 26.2 Å². The van der Waals surface area contributed by atoms with Crippen LogP contribution >= 0.6 is 0 Å². The molecule has 28 heavy (non-hydrogen) atoms. The van der Waals surface area contributed by atoms with Gasteiger partial charge in [0.2, 0.25) is 5.91 Å². The van der Waals surface area contributed by atoms with E-state index < -0.39 is 0 Å². The van der Waals surface area contributed by atoms with E-state index in [2.05, 4.69) is 15.0 Å². The Morgan fingerprint density at radius 3 is 2.89 bits per heavy atom. The van der Waals surface area contributed by atoms with E-state index >= 15 is 0 Å². The molecular formula is C21H27N5O2. The average Bonchev–Trinajstić information content (AvgIpc) is 3.15. The normalized spacial score (nSPS) is 22.7. The van der Waals surface area contributed by atoms with Gasteiger partial charge in [-0.3, -0.25) is 14.6 Å². The van der Waals surface area contributed by atoms with Crippen LogP contribution in [0.15, 0.2) is 30.6 Å². The summed E-state index contributed by atoms with van der Waals surface area (Å²) in [6, 6.07) is 5.87. The summed E-state index contributed by atoms with van der Waals surface area (Å²) in [5.74, 6) is 0.587. The van der Waals surface area contributed by atoms with E-state index in [0.717, 1.165) is 50.2 Å². The van der Waals surface area contributed by atoms with Crippen molar-refractivity contribution in [1.82, 2.24) is 24.8 Å². The van der Waals surface area contributed by atoms with Gasteiger partial charge in [-0.1, -0.05) is 6.07 Å². The second-order valence-corrected chi connectivity index (χ2v) is 8.13. The van der Waals surface area contributed by atoms with Gasteiger partial charge in [-0.2, -0.15) is 0 Å². The number of piperidine rings is 2. The minimum absolute atomic E-state index is 0.00638. The summed E-state index contributed by atoms with van der Waals surface area (Å²) in [6.07, 6.45) is 7.67. The van der Waals surface area contributed by atoms with Crippen molar-refractivity contribution in [3.8, 4) is 0 Å². The Labute approximate surface area is 165 Å². The first kappa shape index (κ1) is 18.7. The van der Waals surface area contributed by atoms with Crippen LogP contribution in [0, 0.1) is 12.3 Å². The molecule has 4 heterocycles. The maximum absolute atomic E-state index is 12.8. The predicted molar refractivity (Wildman–Crippen MR) is 105 cm³/mol. The molecule has 1 atom stereocenters. The third-order valence-corrected chi connectivity index (χ3v) is 5.97. The fourth-order valence-corrected chi connectivity index (χ4v) is 4.49. The fraction of sp³-hybridized carbons (Fsp3) is 0.524. The van der Waals surface area contributed by atoms with E-state index in [1.165, 1.54) is 0 Å². The van der Waals surface area contributed by atoms with Gasteiger partial charge in [0.05, 0.1) is 0 Å². The lowest BCUT2D eigenvalue weighted by Crippen LogP contribution is -2.55. The molecule has 2 aliphatic rings. The summed E-state index contributed by atoms with van der Waals surface area (Å²) in [5, 5.41) is 0. The number of aromatic nitrogens is 3. The first-order chi connectivity index (χ1) is 13.5. The van der Waals surface area contributed by atoms with Gasteiger partial charge in [0.15, 0.2) is 5.82 Å². The van der Waals surface area contributed by atoms with E-state index in [1.807, 2.05) is 34.9 Å². The summed E-state index contributed by atoms with van der Waals surface area (Å²) >= 11 is 0. The van der Waals surface area contributed by atoms with E-state index in [4.69, 9.17) is 0 Å². The van der Waals surface area contributed by atoms with Gasteiger partial charge < -0.3 is 14.8 Å². The maximum Gasteiger partial charge on any atom is 0.289 e. The number of hydrogen-bond acceptors (Lipinski definition) is 4. The van der Waals surface area contributed by atoms with Crippen molar-refractivity contribution in [3.63, 3.8) is 0 Å². The number of aryl methyl sites for hydroxylation is 1. The summed E-state index contributed by atoms with van der Waals surface area (Å²) in [7, 11) is 0. The molecule has 0 radical (unpaired) electrons. The van der Waals surface area contributed by atoms with Crippen molar-refractivity contribution < 1.29 is 9.59 Å². The van der Waals surface area contributed by atoms with Crippen molar-refractivity contribution >= 4 is 11.8 Å². The molecule has 1 N–H and O–H groups in total. The summed E-state index contributed by atoms with van der Waals surface area (Å²) in [4.78, 5) is 40.8. The number of amides is 2. The molecule has 2 amide bonds. The molecule has 7 heteroatoms. The largest absolute Gasteiger partial charge is 0.342 e. The minimum Gasteiger partial charge on any atom is -0.342 e. The molecule has 4 rings (SSSR count). The second kappa shape index (κ2) is 7.73. The summed E-state index contributed by atoms with van der Waals surface area (Å²) in [6.45, 7) is 4.75. The molecule has 0 bridgehead atoms. The Balaban J connectivity index is 1.43. The lowest BCUT2D eigenvalue weighted by Gasteiger charge is -2.48. The fourth-order valence-electron chi connectivity index (χ4n) is 4.49. The van der Waals surface area contributed by atoms with Gasteiger partial charge in [0.25, 0.3) is 5.91 Å². The number of pyridine rings is 1. The molecule has 0 unspecified atom stereocenters. The molecule has 0 aliphatic carbocycles. The van der Waals surface area contributed by atoms with Crippen LogP contribution < -0.4 is 0 Å². The van der Waals surface area contributed by atoms with Crippen molar-refractivity contribution in [1.29, 1.82) is 0 Å². The monoisotopic (exact) mass is 381 g/mol. The lowest BCUT2D eigenvalue weighted by atomic mass is 9.73. The number of imidazole rings is 1. The molecule has 2 aliphatic heterocycles. The topological polar surface area (TPSA) is 82.2 Å². The highest BCUT2D eigenvalue weighted by Crippen LogP contribution is 2.39. The Morgan fingerprint density at radius 1 is 1.25 bits per heavy atom. The molecular weight excluding hydrogens is 354 g/mol. The molecule has 148 valence electrons. The number of likely N-dealkylation sites (tertiary alicyclic amines) is 2. The zero-order valence-corrected chi connectivity index (χ0v) is 16.4. The molecule has 0 saturated carbocycles. The molecule has 2 aromatic rings. The van der Waals surface area contributed by atoms with Gasteiger partial charge in [-0.15, -0.1) is 0 Å². The SMILES string of the molecule is Cc1cnc(C(=O)N2CCC[C@@]3(CCC(=O)N(CCc4ccccn4)C3)C2)[nH]1. The molecule has 1 spiro atoms. The third-order valence-electron chi connectivity index (χ3n) is 5.97. The third kappa shape index (κ3) is 3.93. The average molecular weight is 381 g/mol. The number of rotatable bonds is 4. The van der Waals surface area contributed by atoms with Crippen LogP contribution in [-0.2, 0) is 11.2 Å². The van der Waals surface area contributed by atoms with Gasteiger partial charge in [-0.25, -0.2) is 4.98 Å². The number of nitrogens with zero attached hydrogens (tertiary/aromatic N) is 4. The van der Waals surface area contributed by atoms with Crippen LogP contribution in [0.4, 0.5) is 0 Å². The lowest BCUT2D eigenvalue weighted by molar-refractivity contribution is -0.138. The van der Waals surface area contributed by atoms with Gasteiger partial charge >= 0.3 is 0 Å². The van der Waals surface area contributed by atoms with Crippen molar-refractivity contribution in [2.45, 2.75) is 39.0 Å².